The third kappa shape index (κ3) is 5.77. The summed E-state index contributed by atoms with van der Waals surface area (Å²) in [6.45, 7) is 0.865. The van der Waals surface area contributed by atoms with Crippen LogP contribution < -0.4 is 0 Å². The lowest BCUT2D eigenvalue weighted by Gasteiger charge is -2.23. The summed E-state index contributed by atoms with van der Waals surface area (Å²) in [6.07, 6.45) is -0.682. The predicted octanol–water partition coefficient (Wildman–Crippen LogP) is 0.581. The molecule has 1 rings (SSSR count). The number of ether oxygens (including phenoxy) is 1. The highest BCUT2D eigenvalue weighted by atomic mass is 16.5. The van der Waals surface area contributed by atoms with Crippen molar-refractivity contribution < 1.29 is 19.7 Å². The molecule has 0 radical (unpaired) electrons. The third-order valence-corrected chi connectivity index (χ3v) is 2.44. The van der Waals surface area contributed by atoms with Crippen LogP contribution in [0.2, 0.25) is 0 Å². The van der Waals surface area contributed by atoms with Gasteiger partial charge in [-0.25, -0.2) is 0 Å². The summed E-state index contributed by atoms with van der Waals surface area (Å²) in [4.78, 5) is 12.5. The fraction of sp³-hybridized carbons (Fsp3) is 0.462. The maximum atomic E-state index is 10.8. The van der Waals surface area contributed by atoms with Gasteiger partial charge in [-0.3, -0.25) is 9.69 Å². The SMILES string of the molecule is COC[C@@H](O)CN(CC(=O)O)Cc1ccccc1. The number of hydrogen-bond donors (Lipinski definition) is 2. The van der Waals surface area contributed by atoms with E-state index in [2.05, 4.69) is 0 Å². The number of carbonyl (C=O) groups is 1. The first-order valence-corrected chi connectivity index (χ1v) is 5.77. The van der Waals surface area contributed by atoms with E-state index in [1.54, 1.807) is 4.90 Å². The van der Waals surface area contributed by atoms with E-state index in [-0.39, 0.29) is 19.7 Å². The number of methoxy groups -OCH3 is 1. The van der Waals surface area contributed by atoms with Crippen LogP contribution in [0, 0.1) is 0 Å². The molecule has 0 spiro atoms. The summed E-state index contributed by atoms with van der Waals surface area (Å²) >= 11 is 0. The molecule has 5 nitrogen and oxygen atoms in total. The molecule has 0 aromatic heterocycles. The lowest BCUT2D eigenvalue weighted by Crippen LogP contribution is -2.37. The first-order valence-electron chi connectivity index (χ1n) is 5.77. The van der Waals surface area contributed by atoms with Crippen molar-refractivity contribution in [2.45, 2.75) is 12.6 Å². The summed E-state index contributed by atoms with van der Waals surface area (Å²) in [5.41, 5.74) is 1.02. The predicted molar refractivity (Wildman–Crippen MR) is 67.2 cm³/mol. The second kappa shape index (κ2) is 7.81. The molecule has 1 aromatic rings. The van der Waals surface area contributed by atoms with E-state index >= 15 is 0 Å². The maximum Gasteiger partial charge on any atom is 0.317 e. The number of carboxylic acid groups (broad SMARTS) is 1. The Labute approximate surface area is 107 Å². The summed E-state index contributed by atoms with van der Waals surface area (Å²) in [5.74, 6) is -0.907. The van der Waals surface area contributed by atoms with Crippen LogP contribution in [0.1, 0.15) is 5.56 Å². The average Bonchev–Trinajstić information content (AvgIpc) is 2.29. The number of aliphatic hydroxyl groups is 1. The highest BCUT2D eigenvalue weighted by Crippen LogP contribution is 2.05. The minimum Gasteiger partial charge on any atom is -0.480 e. The van der Waals surface area contributed by atoms with Crippen molar-refractivity contribution in [3.8, 4) is 0 Å². The molecule has 0 aliphatic heterocycles. The number of rotatable bonds is 8. The van der Waals surface area contributed by atoms with Gasteiger partial charge in [-0.15, -0.1) is 0 Å². The maximum absolute atomic E-state index is 10.8. The van der Waals surface area contributed by atoms with Crippen LogP contribution in [0.25, 0.3) is 0 Å². The van der Waals surface area contributed by atoms with E-state index in [9.17, 15) is 9.90 Å². The molecule has 1 aromatic carbocycles. The normalized spacial score (nSPS) is 12.6. The Kier molecular flexibility index (Phi) is 6.35. The quantitative estimate of drug-likeness (QED) is 0.709. The Morgan fingerprint density at radius 3 is 2.61 bits per heavy atom. The zero-order chi connectivity index (χ0) is 13.4. The van der Waals surface area contributed by atoms with Crippen LogP contribution >= 0.6 is 0 Å². The van der Waals surface area contributed by atoms with E-state index < -0.39 is 12.1 Å². The van der Waals surface area contributed by atoms with Gasteiger partial charge in [0.15, 0.2) is 0 Å². The minimum absolute atomic E-state index is 0.102. The molecule has 18 heavy (non-hydrogen) atoms. The molecule has 1 atom stereocenters. The molecule has 0 heterocycles. The van der Waals surface area contributed by atoms with Gasteiger partial charge in [0, 0.05) is 20.2 Å². The number of aliphatic hydroxyl groups excluding tert-OH is 1. The first-order chi connectivity index (χ1) is 8.61. The zero-order valence-corrected chi connectivity index (χ0v) is 10.5. The fourth-order valence-corrected chi connectivity index (χ4v) is 1.76. The molecule has 0 unspecified atom stereocenters. The van der Waals surface area contributed by atoms with E-state index in [0.717, 1.165) is 5.56 Å². The Morgan fingerprint density at radius 1 is 1.39 bits per heavy atom. The van der Waals surface area contributed by atoms with Crippen molar-refractivity contribution in [2.75, 3.05) is 26.8 Å². The van der Waals surface area contributed by atoms with Crippen molar-refractivity contribution in [2.24, 2.45) is 0 Å². The molecule has 100 valence electrons. The molecule has 5 heteroatoms. The Hall–Kier alpha value is -1.43. The van der Waals surface area contributed by atoms with Gasteiger partial charge in [-0.05, 0) is 5.56 Å². The Balaban J connectivity index is 2.58. The number of benzene rings is 1. The van der Waals surface area contributed by atoms with Gasteiger partial charge in [0.2, 0.25) is 0 Å². The topological polar surface area (TPSA) is 70.0 Å². The fourth-order valence-electron chi connectivity index (χ4n) is 1.76. The molecule has 0 saturated heterocycles. The van der Waals surface area contributed by atoms with Crippen LogP contribution in [0.4, 0.5) is 0 Å². The molecule has 0 fully saturated rings. The zero-order valence-electron chi connectivity index (χ0n) is 10.5. The molecular weight excluding hydrogens is 234 g/mol. The standard InChI is InChI=1S/C13H19NO4/c1-18-10-12(15)8-14(9-13(16)17)7-11-5-3-2-4-6-11/h2-6,12,15H,7-10H2,1H3,(H,16,17)/t12-/m0/s1. The van der Waals surface area contributed by atoms with Crippen molar-refractivity contribution in [1.29, 1.82) is 0 Å². The molecule has 0 aliphatic carbocycles. The summed E-state index contributed by atoms with van der Waals surface area (Å²) < 4.78 is 4.84. The van der Waals surface area contributed by atoms with Crippen LogP contribution in [-0.4, -0.2) is 54.0 Å². The van der Waals surface area contributed by atoms with Crippen LogP contribution in [0.15, 0.2) is 30.3 Å². The summed E-state index contributed by atoms with van der Waals surface area (Å²) in [5, 5.41) is 18.5. The highest BCUT2D eigenvalue weighted by Gasteiger charge is 2.14. The van der Waals surface area contributed by atoms with Crippen LogP contribution in [0.5, 0.6) is 0 Å². The minimum atomic E-state index is -0.907. The van der Waals surface area contributed by atoms with Crippen molar-refractivity contribution in [1.82, 2.24) is 4.90 Å². The summed E-state index contributed by atoms with van der Waals surface area (Å²) in [7, 11) is 1.50. The lowest BCUT2D eigenvalue weighted by atomic mass is 10.2. The smallest absolute Gasteiger partial charge is 0.317 e. The molecule has 0 amide bonds. The molecule has 0 saturated carbocycles. The van der Waals surface area contributed by atoms with Gasteiger partial charge >= 0.3 is 5.97 Å². The van der Waals surface area contributed by atoms with Crippen molar-refractivity contribution >= 4 is 5.97 Å². The van der Waals surface area contributed by atoms with Gasteiger partial charge in [0.05, 0.1) is 19.3 Å². The second-order valence-electron chi connectivity index (χ2n) is 4.16. The number of hydrogen-bond acceptors (Lipinski definition) is 4. The average molecular weight is 253 g/mol. The monoisotopic (exact) mass is 253 g/mol. The van der Waals surface area contributed by atoms with Gasteiger partial charge in [0.1, 0.15) is 0 Å². The number of nitrogens with zero attached hydrogens (tertiary/aromatic N) is 1. The largest absolute Gasteiger partial charge is 0.480 e. The molecule has 0 aliphatic rings. The van der Waals surface area contributed by atoms with Crippen molar-refractivity contribution in [3.63, 3.8) is 0 Å². The molecule has 2 N–H and O–H groups in total. The number of carboxylic acids is 1. The summed E-state index contributed by atoms with van der Waals surface area (Å²) in [6, 6.07) is 9.57. The molecule has 0 bridgehead atoms. The second-order valence-corrected chi connectivity index (χ2v) is 4.16. The van der Waals surface area contributed by atoms with E-state index in [1.807, 2.05) is 30.3 Å². The van der Waals surface area contributed by atoms with Gasteiger partial charge in [-0.2, -0.15) is 0 Å². The van der Waals surface area contributed by atoms with E-state index in [4.69, 9.17) is 9.84 Å². The van der Waals surface area contributed by atoms with Gasteiger partial charge < -0.3 is 14.9 Å². The van der Waals surface area contributed by atoms with Gasteiger partial charge in [0.25, 0.3) is 0 Å². The van der Waals surface area contributed by atoms with Crippen LogP contribution in [-0.2, 0) is 16.1 Å². The third-order valence-electron chi connectivity index (χ3n) is 2.44. The molecular formula is C13H19NO4. The highest BCUT2D eigenvalue weighted by molar-refractivity contribution is 5.69. The Morgan fingerprint density at radius 2 is 2.06 bits per heavy atom. The Bertz CT molecular complexity index is 355. The van der Waals surface area contributed by atoms with Gasteiger partial charge in [-0.1, -0.05) is 30.3 Å². The van der Waals surface area contributed by atoms with E-state index in [1.165, 1.54) is 7.11 Å². The van der Waals surface area contributed by atoms with Crippen LogP contribution in [0.3, 0.4) is 0 Å². The lowest BCUT2D eigenvalue weighted by molar-refractivity contribution is -0.138. The first kappa shape index (κ1) is 14.6. The van der Waals surface area contributed by atoms with Crippen molar-refractivity contribution in [3.05, 3.63) is 35.9 Å². The van der Waals surface area contributed by atoms with E-state index in [0.29, 0.717) is 6.54 Å². The number of aliphatic carboxylic acids is 1.